The fraction of sp³-hybridized carbons (Fsp3) is 0.250. The summed E-state index contributed by atoms with van der Waals surface area (Å²) in [5, 5.41) is 7.13. The average Bonchev–Trinajstić information content (AvgIpc) is 3.82. The van der Waals surface area contributed by atoms with Crippen LogP contribution in [0.5, 0.6) is 0 Å². The van der Waals surface area contributed by atoms with Crippen molar-refractivity contribution in [2.24, 2.45) is 7.05 Å². The molecule has 0 bridgehead atoms. The largest absolute Gasteiger partial charge is 0.463 e. The van der Waals surface area contributed by atoms with Crippen LogP contribution >= 0.6 is 0 Å². The standard InChI is InChI=1S/C32H31N9O4S/c1-20-8-10-23(11-9-20)46(43,44)41-16-25(24-15-33-18-34-31(24)41)30-38-26(28-7-4-12-45-28)14-29(39-30)36-21-5-3-6-22(13-21)37-32(42)27-17-40(2)19-35-27/h4,7-12,14-19,21-22H,3,5-6,13H2,1-2H3,(H,37,42)(H,36,38,39)/t21-,22+/m1/s1. The molecule has 0 unspecified atom stereocenters. The van der Waals surface area contributed by atoms with Gasteiger partial charge in [-0.3, -0.25) is 4.79 Å². The van der Waals surface area contributed by atoms with Crippen LogP contribution < -0.4 is 10.6 Å². The molecule has 1 saturated carbocycles. The molecule has 13 nitrogen and oxygen atoms in total. The summed E-state index contributed by atoms with van der Waals surface area (Å²) >= 11 is 0. The van der Waals surface area contributed by atoms with Gasteiger partial charge in [-0.15, -0.1) is 0 Å². The predicted octanol–water partition coefficient (Wildman–Crippen LogP) is 4.58. The van der Waals surface area contributed by atoms with Crippen molar-refractivity contribution in [3.63, 3.8) is 0 Å². The van der Waals surface area contributed by atoms with Crippen LogP contribution in [0.1, 0.15) is 41.7 Å². The summed E-state index contributed by atoms with van der Waals surface area (Å²) in [7, 11) is -2.17. The Kier molecular flexibility index (Phi) is 7.56. The van der Waals surface area contributed by atoms with Crippen LogP contribution in [0, 0.1) is 6.92 Å². The lowest BCUT2D eigenvalue weighted by Gasteiger charge is -2.30. The molecule has 1 aromatic carbocycles. The van der Waals surface area contributed by atoms with E-state index in [4.69, 9.17) is 14.4 Å². The molecule has 2 atom stereocenters. The van der Waals surface area contributed by atoms with E-state index in [2.05, 4.69) is 25.6 Å². The summed E-state index contributed by atoms with van der Waals surface area (Å²) < 4.78 is 36.1. The number of fused-ring (bicyclic) bond motifs is 1. The second-order valence-corrected chi connectivity index (χ2v) is 13.3. The topological polar surface area (TPSA) is 163 Å². The number of hydrogen-bond acceptors (Lipinski definition) is 10. The number of imidazole rings is 1. The van der Waals surface area contributed by atoms with Crippen LogP contribution in [0.4, 0.5) is 5.82 Å². The molecule has 7 rings (SSSR count). The number of amides is 1. The fourth-order valence-electron chi connectivity index (χ4n) is 5.76. The molecule has 46 heavy (non-hydrogen) atoms. The number of hydrogen-bond donors (Lipinski definition) is 2. The van der Waals surface area contributed by atoms with E-state index in [1.807, 2.05) is 14.0 Å². The molecule has 1 aliphatic carbocycles. The first kappa shape index (κ1) is 29.3. The van der Waals surface area contributed by atoms with Gasteiger partial charge in [0.25, 0.3) is 15.9 Å². The van der Waals surface area contributed by atoms with Crippen molar-refractivity contribution in [2.45, 2.75) is 49.6 Å². The minimum absolute atomic E-state index is 0.0153. The van der Waals surface area contributed by atoms with Gasteiger partial charge < -0.3 is 19.6 Å². The maximum Gasteiger partial charge on any atom is 0.271 e. The predicted molar refractivity (Wildman–Crippen MR) is 170 cm³/mol. The molecule has 1 aliphatic rings. The first-order valence-electron chi connectivity index (χ1n) is 14.9. The Balaban J connectivity index is 1.23. The molecule has 0 saturated heterocycles. The van der Waals surface area contributed by atoms with E-state index < -0.39 is 10.0 Å². The Morgan fingerprint density at radius 2 is 1.87 bits per heavy atom. The Hall–Kier alpha value is -5.37. The number of benzene rings is 1. The molecule has 6 aromatic rings. The Morgan fingerprint density at radius 3 is 2.63 bits per heavy atom. The Morgan fingerprint density at radius 1 is 1.04 bits per heavy atom. The van der Waals surface area contributed by atoms with Crippen molar-refractivity contribution in [1.82, 2.24) is 38.8 Å². The first-order valence-corrected chi connectivity index (χ1v) is 16.3. The number of rotatable bonds is 8. The highest BCUT2D eigenvalue weighted by molar-refractivity contribution is 7.90. The van der Waals surface area contributed by atoms with Crippen LogP contribution in [-0.2, 0) is 17.1 Å². The SMILES string of the molecule is Cc1ccc(S(=O)(=O)n2cc(-c3nc(N[C@@H]4CCC[C@H](NC(=O)c5cn(C)cn5)C4)cc(-c4ccco4)n3)c3cncnc32)cc1. The fourth-order valence-corrected chi connectivity index (χ4v) is 7.09. The molecule has 1 amide bonds. The lowest BCUT2D eigenvalue weighted by molar-refractivity contribution is 0.0921. The third-order valence-electron chi connectivity index (χ3n) is 8.05. The molecule has 0 aliphatic heterocycles. The van der Waals surface area contributed by atoms with Crippen molar-refractivity contribution in [1.29, 1.82) is 0 Å². The quantitative estimate of drug-likeness (QED) is 0.242. The van der Waals surface area contributed by atoms with E-state index in [0.717, 1.165) is 28.8 Å². The minimum atomic E-state index is -3.99. The number of aryl methyl sites for hydroxylation is 2. The highest BCUT2D eigenvalue weighted by Crippen LogP contribution is 2.33. The van der Waals surface area contributed by atoms with Gasteiger partial charge >= 0.3 is 0 Å². The van der Waals surface area contributed by atoms with Crippen molar-refractivity contribution in [2.75, 3.05) is 5.32 Å². The maximum atomic E-state index is 13.8. The summed E-state index contributed by atoms with van der Waals surface area (Å²) in [5.41, 5.74) is 2.52. The summed E-state index contributed by atoms with van der Waals surface area (Å²) in [6, 6.07) is 12.0. The zero-order valence-corrected chi connectivity index (χ0v) is 26.0. The number of carbonyl (C=O) groups excluding carboxylic acids is 1. The minimum Gasteiger partial charge on any atom is -0.463 e. The van der Waals surface area contributed by atoms with E-state index in [1.54, 1.807) is 72.0 Å². The number of nitrogens with zero attached hydrogens (tertiary/aromatic N) is 7. The molecule has 0 radical (unpaired) electrons. The summed E-state index contributed by atoms with van der Waals surface area (Å²) in [4.78, 5) is 35.2. The van der Waals surface area contributed by atoms with E-state index in [0.29, 0.717) is 40.3 Å². The van der Waals surface area contributed by atoms with Gasteiger partial charge in [0.05, 0.1) is 17.5 Å². The number of aromatic nitrogens is 7. The van der Waals surface area contributed by atoms with Gasteiger partial charge in [0.15, 0.2) is 17.2 Å². The smallest absolute Gasteiger partial charge is 0.271 e. The second kappa shape index (κ2) is 11.9. The van der Waals surface area contributed by atoms with E-state index in [9.17, 15) is 13.2 Å². The number of carbonyl (C=O) groups is 1. The summed E-state index contributed by atoms with van der Waals surface area (Å²) in [6.45, 7) is 1.90. The Bertz CT molecular complexity index is 2140. The summed E-state index contributed by atoms with van der Waals surface area (Å²) in [5.74, 6) is 1.15. The van der Waals surface area contributed by atoms with Gasteiger partial charge in [-0.05, 0) is 56.9 Å². The third kappa shape index (κ3) is 5.74. The number of nitrogens with one attached hydrogen (secondary N) is 2. The highest BCUT2D eigenvalue weighted by Gasteiger charge is 2.27. The van der Waals surface area contributed by atoms with Crippen LogP contribution in [0.3, 0.4) is 0 Å². The molecule has 2 N–H and O–H groups in total. The molecular formula is C32H31N9O4S. The zero-order chi connectivity index (χ0) is 31.8. The molecule has 1 fully saturated rings. The van der Waals surface area contributed by atoms with E-state index >= 15 is 0 Å². The second-order valence-electron chi connectivity index (χ2n) is 11.5. The van der Waals surface area contributed by atoms with Crippen LogP contribution in [0.2, 0.25) is 0 Å². The van der Waals surface area contributed by atoms with E-state index in [1.165, 1.54) is 12.5 Å². The third-order valence-corrected chi connectivity index (χ3v) is 9.72. The van der Waals surface area contributed by atoms with E-state index in [-0.39, 0.29) is 34.4 Å². The van der Waals surface area contributed by atoms with Crippen molar-refractivity contribution < 1.29 is 17.6 Å². The van der Waals surface area contributed by atoms with Gasteiger partial charge in [0.1, 0.15) is 23.5 Å². The average molecular weight is 638 g/mol. The van der Waals surface area contributed by atoms with Gasteiger partial charge in [-0.25, -0.2) is 37.3 Å². The lowest BCUT2D eigenvalue weighted by Crippen LogP contribution is -2.42. The maximum absolute atomic E-state index is 13.8. The number of anilines is 1. The van der Waals surface area contributed by atoms with Gasteiger partial charge in [-0.2, -0.15) is 0 Å². The van der Waals surface area contributed by atoms with Gasteiger partial charge in [0, 0.05) is 54.7 Å². The van der Waals surface area contributed by atoms with Gasteiger partial charge in [-0.1, -0.05) is 17.7 Å². The molecular weight excluding hydrogens is 606 g/mol. The summed E-state index contributed by atoms with van der Waals surface area (Å²) in [6.07, 6.45) is 12.6. The highest BCUT2D eigenvalue weighted by atomic mass is 32.2. The van der Waals surface area contributed by atoms with Crippen LogP contribution in [-0.4, -0.2) is 59.9 Å². The van der Waals surface area contributed by atoms with Crippen LogP contribution in [0.25, 0.3) is 33.9 Å². The van der Waals surface area contributed by atoms with Crippen molar-refractivity contribution in [3.8, 4) is 22.8 Å². The lowest BCUT2D eigenvalue weighted by atomic mass is 9.91. The number of furan rings is 1. The molecule has 5 heterocycles. The van der Waals surface area contributed by atoms with Gasteiger partial charge in [0.2, 0.25) is 0 Å². The molecule has 5 aromatic heterocycles. The normalized spacial score (nSPS) is 16.8. The Labute approximate surface area is 264 Å². The van der Waals surface area contributed by atoms with Crippen LogP contribution in [0.15, 0.2) is 89.3 Å². The zero-order valence-electron chi connectivity index (χ0n) is 25.2. The molecule has 234 valence electrons. The van der Waals surface area contributed by atoms with Crippen molar-refractivity contribution in [3.05, 3.63) is 91.2 Å². The monoisotopic (exact) mass is 637 g/mol. The van der Waals surface area contributed by atoms with Crippen molar-refractivity contribution >= 4 is 32.8 Å². The molecule has 0 spiro atoms. The first-order chi connectivity index (χ1) is 22.2. The molecule has 14 heteroatoms.